The second-order valence-electron chi connectivity index (χ2n) is 9.84. The second kappa shape index (κ2) is 10.3. The molecule has 2 amide bonds. The smallest absolute Gasteiger partial charge is 0.244 e. The molecule has 1 aromatic rings. The summed E-state index contributed by atoms with van der Waals surface area (Å²) in [5.74, 6) is 0.722. The van der Waals surface area contributed by atoms with Crippen molar-refractivity contribution in [2.75, 3.05) is 46.4 Å². The van der Waals surface area contributed by atoms with Gasteiger partial charge in [0.05, 0.1) is 5.69 Å². The van der Waals surface area contributed by atoms with Crippen LogP contribution >= 0.6 is 0 Å². The molecule has 3 fully saturated rings. The Morgan fingerprint density at radius 2 is 1.84 bits per heavy atom. The van der Waals surface area contributed by atoms with Crippen LogP contribution in [-0.2, 0) is 20.9 Å². The quantitative estimate of drug-likeness (QED) is 0.611. The molecule has 3 aliphatic rings. The highest BCUT2D eigenvalue weighted by Crippen LogP contribution is 2.33. The molecular weight excluding hydrogens is 406 g/mol. The Balaban J connectivity index is 1.37. The van der Waals surface area contributed by atoms with Crippen LogP contribution in [0.15, 0.2) is 6.07 Å². The molecule has 0 bridgehead atoms. The van der Waals surface area contributed by atoms with E-state index in [4.69, 9.17) is 4.74 Å². The number of aromatic nitrogens is 2. The highest BCUT2D eigenvalue weighted by Gasteiger charge is 2.38. The lowest BCUT2D eigenvalue weighted by molar-refractivity contribution is -0.135. The van der Waals surface area contributed by atoms with Crippen LogP contribution in [0, 0.1) is 19.8 Å². The zero-order valence-corrected chi connectivity index (χ0v) is 20.0. The number of likely N-dealkylation sites (N-methyl/N-ethyl adjacent to an activating group) is 1. The molecule has 3 heterocycles. The molecule has 0 aromatic carbocycles. The molecular formula is C24H39N5O3. The molecule has 1 saturated carbocycles. The first-order valence-electron chi connectivity index (χ1n) is 12.3. The van der Waals surface area contributed by atoms with Crippen molar-refractivity contribution in [1.29, 1.82) is 0 Å². The van der Waals surface area contributed by atoms with Crippen molar-refractivity contribution >= 4 is 11.8 Å². The van der Waals surface area contributed by atoms with Crippen LogP contribution in [0.5, 0.6) is 0 Å². The van der Waals surface area contributed by atoms with Gasteiger partial charge in [0.2, 0.25) is 11.8 Å². The normalized spacial score (nSPS) is 22.4. The van der Waals surface area contributed by atoms with Gasteiger partial charge in [0.15, 0.2) is 0 Å². The van der Waals surface area contributed by atoms with Gasteiger partial charge in [-0.2, -0.15) is 5.10 Å². The predicted octanol–water partition coefficient (Wildman–Crippen LogP) is 1.84. The van der Waals surface area contributed by atoms with E-state index in [1.165, 1.54) is 0 Å². The fourth-order valence-corrected chi connectivity index (χ4v) is 5.17. The van der Waals surface area contributed by atoms with E-state index in [0.717, 1.165) is 82.8 Å². The number of carbonyl (C=O) groups excluding carboxylic acids is 2. The van der Waals surface area contributed by atoms with Gasteiger partial charge in [-0.15, -0.1) is 0 Å². The molecule has 8 heteroatoms. The van der Waals surface area contributed by atoms with E-state index in [9.17, 15) is 9.59 Å². The summed E-state index contributed by atoms with van der Waals surface area (Å²) in [6.45, 7) is 9.05. The van der Waals surface area contributed by atoms with Gasteiger partial charge in [0.25, 0.3) is 0 Å². The first-order valence-corrected chi connectivity index (χ1v) is 12.3. The minimum absolute atomic E-state index is 0.0808. The van der Waals surface area contributed by atoms with Gasteiger partial charge in [-0.25, -0.2) is 0 Å². The van der Waals surface area contributed by atoms with Gasteiger partial charge in [0.1, 0.15) is 6.54 Å². The Bertz CT molecular complexity index is 800. The molecule has 32 heavy (non-hydrogen) atoms. The van der Waals surface area contributed by atoms with E-state index >= 15 is 0 Å². The van der Waals surface area contributed by atoms with E-state index in [-0.39, 0.29) is 18.4 Å². The number of rotatable bonds is 8. The molecule has 1 aliphatic carbocycles. The Hall–Kier alpha value is -1.93. The molecule has 1 aromatic heterocycles. The minimum Gasteiger partial charge on any atom is -0.381 e. The summed E-state index contributed by atoms with van der Waals surface area (Å²) in [4.78, 5) is 32.0. The largest absolute Gasteiger partial charge is 0.381 e. The van der Waals surface area contributed by atoms with Crippen LogP contribution in [0.2, 0.25) is 0 Å². The fourth-order valence-electron chi connectivity index (χ4n) is 5.17. The Kier molecular flexibility index (Phi) is 7.51. The van der Waals surface area contributed by atoms with E-state index in [0.29, 0.717) is 24.5 Å². The maximum Gasteiger partial charge on any atom is 0.244 e. The Morgan fingerprint density at radius 3 is 2.50 bits per heavy atom. The van der Waals surface area contributed by atoms with E-state index < -0.39 is 0 Å². The monoisotopic (exact) mass is 445 g/mol. The molecule has 2 aliphatic heterocycles. The van der Waals surface area contributed by atoms with Crippen molar-refractivity contribution in [3.63, 3.8) is 0 Å². The third kappa shape index (κ3) is 5.70. The number of likely N-dealkylation sites (tertiary alicyclic amines) is 1. The number of hydrogen-bond donors (Lipinski definition) is 0. The van der Waals surface area contributed by atoms with Crippen LogP contribution < -0.4 is 0 Å². The van der Waals surface area contributed by atoms with Crippen LogP contribution in [0.3, 0.4) is 0 Å². The molecule has 2 saturated heterocycles. The lowest BCUT2D eigenvalue weighted by atomic mass is 9.98. The van der Waals surface area contributed by atoms with Gasteiger partial charge < -0.3 is 14.5 Å². The maximum absolute atomic E-state index is 12.8. The zero-order chi connectivity index (χ0) is 22.7. The van der Waals surface area contributed by atoms with E-state index in [2.05, 4.69) is 14.9 Å². The average Bonchev–Trinajstić information content (AvgIpc) is 3.59. The predicted molar refractivity (Wildman–Crippen MR) is 122 cm³/mol. The number of carbonyl (C=O) groups is 2. The topological polar surface area (TPSA) is 70.9 Å². The third-order valence-electron chi connectivity index (χ3n) is 7.27. The SMILES string of the molecule is Cc1cc(C)n(CC(=O)N(C)CCN(C2CCOCC2)C2CCCN(C(=O)C3CC3)C2)n1. The van der Waals surface area contributed by atoms with Gasteiger partial charge >= 0.3 is 0 Å². The number of aryl methyl sites for hydroxylation is 2. The first kappa shape index (κ1) is 23.2. The summed E-state index contributed by atoms with van der Waals surface area (Å²) in [6.07, 6.45) is 6.36. The van der Waals surface area contributed by atoms with Crippen molar-refractivity contribution in [3.05, 3.63) is 17.5 Å². The molecule has 0 N–H and O–H groups in total. The summed E-state index contributed by atoms with van der Waals surface area (Å²) in [5, 5.41) is 4.43. The van der Waals surface area contributed by atoms with E-state index in [1.54, 1.807) is 4.68 Å². The molecule has 0 radical (unpaired) electrons. The average molecular weight is 446 g/mol. The number of amides is 2. The van der Waals surface area contributed by atoms with E-state index in [1.807, 2.05) is 31.9 Å². The van der Waals surface area contributed by atoms with Crippen molar-refractivity contribution in [2.45, 2.75) is 71.0 Å². The van der Waals surface area contributed by atoms with Crippen molar-refractivity contribution in [3.8, 4) is 0 Å². The summed E-state index contributed by atoms with van der Waals surface area (Å²) < 4.78 is 7.40. The fraction of sp³-hybridized carbons (Fsp3) is 0.792. The van der Waals surface area contributed by atoms with Crippen LogP contribution in [0.25, 0.3) is 0 Å². The van der Waals surface area contributed by atoms with Crippen LogP contribution in [0.1, 0.15) is 49.9 Å². The number of hydrogen-bond acceptors (Lipinski definition) is 5. The number of nitrogens with zero attached hydrogens (tertiary/aromatic N) is 5. The summed E-state index contributed by atoms with van der Waals surface area (Å²) in [5.41, 5.74) is 1.95. The van der Waals surface area contributed by atoms with Crippen LogP contribution in [-0.4, -0.2) is 94.8 Å². The molecule has 1 atom stereocenters. The first-order chi connectivity index (χ1) is 15.4. The minimum atomic E-state index is 0.0808. The van der Waals surface area contributed by atoms with Crippen molar-refractivity contribution in [2.24, 2.45) is 5.92 Å². The summed E-state index contributed by atoms with van der Waals surface area (Å²) in [6, 6.07) is 2.83. The zero-order valence-electron chi connectivity index (χ0n) is 20.0. The Morgan fingerprint density at radius 1 is 1.09 bits per heavy atom. The summed E-state index contributed by atoms with van der Waals surface area (Å²) in [7, 11) is 1.89. The lowest BCUT2D eigenvalue weighted by Crippen LogP contribution is -2.55. The highest BCUT2D eigenvalue weighted by molar-refractivity contribution is 5.81. The second-order valence-corrected chi connectivity index (χ2v) is 9.84. The van der Waals surface area contributed by atoms with Crippen molar-refractivity contribution in [1.82, 2.24) is 24.5 Å². The molecule has 0 spiro atoms. The van der Waals surface area contributed by atoms with Gasteiger partial charge in [0, 0.05) is 70.1 Å². The van der Waals surface area contributed by atoms with Gasteiger partial charge in [-0.1, -0.05) is 0 Å². The van der Waals surface area contributed by atoms with Crippen LogP contribution in [0.4, 0.5) is 0 Å². The molecule has 178 valence electrons. The number of ether oxygens (including phenoxy) is 1. The molecule has 8 nitrogen and oxygen atoms in total. The summed E-state index contributed by atoms with van der Waals surface area (Å²) >= 11 is 0. The lowest BCUT2D eigenvalue weighted by Gasteiger charge is -2.44. The highest BCUT2D eigenvalue weighted by atomic mass is 16.5. The standard InChI is InChI=1S/C24H39N5O3/c1-18-15-19(2)29(25-18)17-23(30)26(3)11-12-28(21-8-13-32-14-9-21)22-5-4-10-27(16-22)24(31)20-6-7-20/h15,20-22H,4-14,16-17H2,1-3H3. The third-order valence-corrected chi connectivity index (χ3v) is 7.27. The van der Waals surface area contributed by atoms with Crippen molar-refractivity contribution < 1.29 is 14.3 Å². The number of piperidine rings is 1. The van der Waals surface area contributed by atoms with Gasteiger partial charge in [-0.3, -0.25) is 19.2 Å². The van der Waals surface area contributed by atoms with Gasteiger partial charge in [-0.05, 0) is 58.4 Å². The molecule has 1 unspecified atom stereocenters. The molecule has 4 rings (SSSR count). The maximum atomic E-state index is 12.8. The Labute approximate surface area is 191 Å².